The number of primary amides is 1. The van der Waals surface area contributed by atoms with Crippen molar-refractivity contribution in [2.45, 2.75) is 52.9 Å². The summed E-state index contributed by atoms with van der Waals surface area (Å²) in [6, 6.07) is 0. The molecule has 0 atom stereocenters. The number of hydrogen-bond donors (Lipinski definition) is 1. The molecule has 0 aromatic heterocycles. The first-order valence-corrected chi connectivity index (χ1v) is 6.42. The van der Waals surface area contributed by atoms with Crippen molar-refractivity contribution in [3.8, 4) is 0 Å². The van der Waals surface area contributed by atoms with Gasteiger partial charge in [-0.15, -0.1) is 0 Å². The highest BCUT2D eigenvalue weighted by atomic mass is 16.1. The maximum absolute atomic E-state index is 11.4. The third-order valence-corrected chi connectivity index (χ3v) is 2.55. The van der Waals surface area contributed by atoms with Crippen molar-refractivity contribution in [2.75, 3.05) is 13.1 Å². The van der Waals surface area contributed by atoms with E-state index in [1.807, 2.05) is 13.0 Å². The van der Waals surface area contributed by atoms with E-state index in [0.717, 1.165) is 45.2 Å². The molecule has 2 N–H and O–H groups in total. The largest absolute Gasteiger partial charge is 0.367 e. The van der Waals surface area contributed by atoms with E-state index >= 15 is 0 Å². The summed E-state index contributed by atoms with van der Waals surface area (Å²) in [6.45, 7) is 8.22. The zero-order valence-electron chi connectivity index (χ0n) is 11.0. The molecule has 94 valence electrons. The molecule has 1 amide bonds. The number of unbranched alkanes of at least 4 members (excludes halogenated alkanes) is 2. The summed E-state index contributed by atoms with van der Waals surface area (Å²) in [7, 11) is 0. The van der Waals surface area contributed by atoms with Gasteiger partial charge < -0.3 is 10.6 Å². The van der Waals surface area contributed by atoms with Crippen molar-refractivity contribution in [1.29, 1.82) is 0 Å². The molecule has 0 aliphatic carbocycles. The normalized spacial score (nSPS) is 11.6. The number of nitrogens with zero attached hydrogens (tertiary/aromatic N) is 1. The molecule has 0 aromatic carbocycles. The van der Waals surface area contributed by atoms with E-state index in [1.54, 1.807) is 0 Å². The Morgan fingerprint density at radius 1 is 1.12 bits per heavy atom. The quantitative estimate of drug-likeness (QED) is 0.614. The minimum absolute atomic E-state index is 0.297. The van der Waals surface area contributed by atoms with Gasteiger partial charge in [0, 0.05) is 13.1 Å². The highest BCUT2D eigenvalue weighted by Gasteiger charge is 2.12. The van der Waals surface area contributed by atoms with Crippen LogP contribution in [0.1, 0.15) is 52.9 Å². The second-order valence-electron chi connectivity index (χ2n) is 4.06. The lowest BCUT2D eigenvalue weighted by atomic mass is 10.2. The Balaban J connectivity index is 4.53. The zero-order valence-corrected chi connectivity index (χ0v) is 11.0. The Labute approximate surface area is 99.7 Å². The Morgan fingerprint density at radius 3 is 1.94 bits per heavy atom. The Morgan fingerprint density at radius 2 is 1.62 bits per heavy atom. The van der Waals surface area contributed by atoms with Gasteiger partial charge in [-0.2, -0.15) is 0 Å². The number of carbonyl (C=O) groups excluding carboxylic acids is 1. The van der Waals surface area contributed by atoms with Crippen LogP contribution in [-0.4, -0.2) is 23.9 Å². The molecule has 16 heavy (non-hydrogen) atoms. The third-order valence-electron chi connectivity index (χ3n) is 2.55. The molecule has 3 heteroatoms. The van der Waals surface area contributed by atoms with Gasteiger partial charge in [-0.25, -0.2) is 0 Å². The van der Waals surface area contributed by atoms with Gasteiger partial charge in [0.05, 0.1) is 5.70 Å². The van der Waals surface area contributed by atoms with Gasteiger partial charge in [-0.05, 0) is 19.3 Å². The molecule has 0 aliphatic rings. The fourth-order valence-electron chi connectivity index (χ4n) is 1.63. The maximum atomic E-state index is 11.4. The lowest BCUT2D eigenvalue weighted by molar-refractivity contribution is -0.116. The standard InChI is InChI=1S/C13H26N2O/c1-4-7-10-15(11-8-5-2)12(9-6-3)13(14)16/h9H,4-8,10-11H2,1-3H3,(H2,14,16)/b12-9+. The third kappa shape index (κ3) is 5.79. The molecule has 0 radical (unpaired) electrons. The van der Waals surface area contributed by atoms with E-state index in [0.29, 0.717) is 5.70 Å². The number of rotatable bonds is 9. The van der Waals surface area contributed by atoms with Crippen LogP contribution in [0.15, 0.2) is 11.8 Å². The van der Waals surface area contributed by atoms with Crippen molar-refractivity contribution in [2.24, 2.45) is 5.73 Å². The molecule has 0 unspecified atom stereocenters. The molecule has 0 fully saturated rings. The summed E-state index contributed by atoms with van der Waals surface area (Å²) in [5, 5.41) is 0. The van der Waals surface area contributed by atoms with Gasteiger partial charge in [-0.3, -0.25) is 4.79 Å². The van der Waals surface area contributed by atoms with Crippen molar-refractivity contribution in [3.63, 3.8) is 0 Å². The van der Waals surface area contributed by atoms with Crippen LogP contribution in [-0.2, 0) is 4.79 Å². The zero-order chi connectivity index (χ0) is 12.4. The van der Waals surface area contributed by atoms with Crippen molar-refractivity contribution in [1.82, 2.24) is 4.90 Å². The van der Waals surface area contributed by atoms with Crippen LogP contribution in [0.25, 0.3) is 0 Å². The molecular formula is C13H26N2O. The van der Waals surface area contributed by atoms with Crippen LogP contribution in [0.2, 0.25) is 0 Å². The van der Waals surface area contributed by atoms with E-state index in [-0.39, 0.29) is 5.91 Å². The first-order valence-electron chi connectivity index (χ1n) is 6.42. The molecule has 0 saturated carbocycles. The van der Waals surface area contributed by atoms with E-state index in [9.17, 15) is 4.79 Å². The molecule has 0 heterocycles. The number of allylic oxidation sites excluding steroid dienone is 1. The molecular weight excluding hydrogens is 200 g/mol. The molecule has 0 spiro atoms. The maximum Gasteiger partial charge on any atom is 0.264 e. The summed E-state index contributed by atoms with van der Waals surface area (Å²) in [4.78, 5) is 13.5. The Kier molecular flexibility index (Phi) is 8.68. The number of nitrogens with two attached hydrogens (primary N) is 1. The van der Waals surface area contributed by atoms with Crippen molar-refractivity contribution < 1.29 is 4.79 Å². The predicted molar refractivity (Wildman–Crippen MR) is 69.0 cm³/mol. The number of amides is 1. The second-order valence-corrected chi connectivity index (χ2v) is 4.06. The van der Waals surface area contributed by atoms with Crippen molar-refractivity contribution >= 4 is 5.91 Å². The smallest absolute Gasteiger partial charge is 0.264 e. The fourth-order valence-corrected chi connectivity index (χ4v) is 1.63. The summed E-state index contributed by atoms with van der Waals surface area (Å²) in [5.74, 6) is -0.297. The van der Waals surface area contributed by atoms with E-state index in [4.69, 9.17) is 5.73 Å². The van der Waals surface area contributed by atoms with Crippen LogP contribution in [0.4, 0.5) is 0 Å². The van der Waals surface area contributed by atoms with E-state index in [1.165, 1.54) is 0 Å². The fraction of sp³-hybridized carbons (Fsp3) is 0.769. The first-order chi connectivity index (χ1) is 7.67. The molecule has 0 aromatic rings. The minimum atomic E-state index is -0.297. The number of carbonyl (C=O) groups is 1. The van der Waals surface area contributed by atoms with E-state index in [2.05, 4.69) is 18.7 Å². The monoisotopic (exact) mass is 226 g/mol. The van der Waals surface area contributed by atoms with Crippen LogP contribution in [0.5, 0.6) is 0 Å². The summed E-state index contributed by atoms with van der Waals surface area (Å²) < 4.78 is 0. The Hall–Kier alpha value is -0.990. The lowest BCUT2D eigenvalue weighted by Crippen LogP contribution is -2.33. The van der Waals surface area contributed by atoms with E-state index < -0.39 is 0 Å². The predicted octanol–water partition coefficient (Wildman–Crippen LogP) is 2.67. The summed E-state index contributed by atoms with van der Waals surface area (Å²) in [5.41, 5.74) is 6.12. The first kappa shape index (κ1) is 15.0. The second kappa shape index (κ2) is 9.25. The van der Waals surface area contributed by atoms with Crippen LogP contribution >= 0.6 is 0 Å². The van der Waals surface area contributed by atoms with Crippen LogP contribution in [0, 0.1) is 0 Å². The van der Waals surface area contributed by atoms with Gasteiger partial charge >= 0.3 is 0 Å². The van der Waals surface area contributed by atoms with Crippen LogP contribution < -0.4 is 5.73 Å². The summed E-state index contributed by atoms with van der Waals surface area (Å²) >= 11 is 0. The summed E-state index contributed by atoms with van der Waals surface area (Å²) in [6.07, 6.45) is 7.29. The molecule has 3 nitrogen and oxygen atoms in total. The lowest BCUT2D eigenvalue weighted by Gasteiger charge is -2.25. The topological polar surface area (TPSA) is 46.3 Å². The van der Waals surface area contributed by atoms with Crippen LogP contribution in [0.3, 0.4) is 0 Å². The number of hydrogen-bond acceptors (Lipinski definition) is 2. The van der Waals surface area contributed by atoms with Gasteiger partial charge in [0.25, 0.3) is 5.91 Å². The average Bonchev–Trinajstić information content (AvgIpc) is 2.26. The molecule has 0 saturated heterocycles. The van der Waals surface area contributed by atoms with Crippen molar-refractivity contribution in [3.05, 3.63) is 11.8 Å². The van der Waals surface area contributed by atoms with Gasteiger partial charge in [0.2, 0.25) is 0 Å². The van der Waals surface area contributed by atoms with Gasteiger partial charge in [0.15, 0.2) is 0 Å². The van der Waals surface area contributed by atoms with Gasteiger partial charge in [-0.1, -0.05) is 39.7 Å². The van der Waals surface area contributed by atoms with Gasteiger partial charge in [0.1, 0.15) is 0 Å². The molecule has 0 aliphatic heterocycles. The SMILES string of the molecule is CC/C=C(\C(N)=O)N(CCCC)CCCC. The average molecular weight is 226 g/mol. The molecule has 0 rings (SSSR count). The highest BCUT2D eigenvalue weighted by Crippen LogP contribution is 2.09. The molecule has 0 bridgehead atoms. The highest BCUT2D eigenvalue weighted by molar-refractivity contribution is 5.91. The minimum Gasteiger partial charge on any atom is -0.367 e. The Bertz CT molecular complexity index is 216.